The van der Waals surface area contributed by atoms with Crippen molar-refractivity contribution in [1.82, 2.24) is 9.55 Å². The lowest BCUT2D eigenvalue weighted by Gasteiger charge is -2.13. The largest absolute Gasteiger partial charge is 0.435 e. The van der Waals surface area contributed by atoms with E-state index in [0.29, 0.717) is 5.89 Å². The van der Waals surface area contributed by atoms with Crippen molar-refractivity contribution in [2.75, 3.05) is 0 Å². The van der Waals surface area contributed by atoms with Gasteiger partial charge in [-0.25, -0.2) is 4.98 Å². The van der Waals surface area contributed by atoms with Crippen molar-refractivity contribution in [1.29, 1.82) is 0 Å². The van der Waals surface area contributed by atoms with E-state index in [-0.39, 0.29) is 0 Å². The molecule has 3 heterocycles. The first-order chi connectivity index (χ1) is 20.3. The van der Waals surface area contributed by atoms with Crippen molar-refractivity contribution in [3.63, 3.8) is 0 Å². The maximum absolute atomic E-state index is 6.42. The van der Waals surface area contributed by atoms with Gasteiger partial charge in [0.05, 0.1) is 16.7 Å². The van der Waals surface area contributed by atoms with Crippen LogP contribution in [-0.2, 0) is 0 Å². The first-order valence-electron chi connectivity index (χ1n) is 13.8. The molecule has 41 heavy (non-hydrogen) atoms. The van der Waals surface area contributed by atoms with E-state index in [0.717, 1.165) is 28.1 Å². The second-order valence-corrected chi connectivity index (χ2v) is 11.8. The summed E-state index contributed by atoms with van der Waals surface area (Å²) >= 11 is 1.87. The highest BCUT2D eigenvalue weighted by atomic mass is 32.1. The van der Waals surface area contributed by atoms with Crippen LogP contribution in [0.25, 0.3) is 92.5 Å². The van der Waals surface area contributed by atoms with Gasteiger partial charge in [-0.15, -0.1) is 11.3 Å². The van der Waals surface area contributed by atoms with Crippen LogP contribution in [0.15, 0.2) is 126 Å². The Bertz CT molecular complexity index is 2500. The van der Waals surface area contributed by atoms with Crippen LogP contribution >= 0.6 is 11.3 Å². The van der Waals surface area contributed by atoms with Crippen molar-refractivity contribution in [2.24, 2.45) is 0 Å². The Labute approximate surface area is 238 Å². The Hall–Kier alpha value is -5.19. The summed E-state index contributed by atoms with van der Waals surface area (Å²) < 4.78 is 11.5. The number of hydrogen-bond donors (Lipinski definition) is 0. The molecule has 3 nitrogen and oxygen atoms in total. The Kier molecular flexibility index (Phi) is 4.07. The predicted octanol–water partition coefficient (Wildman–Crippen LogP) is 10.6. The first kappa shape index (κ1) is 21.6. The molecule has 0 saturated heterocycles. The lowest BCUT2D eigenvalue weighted by atomic mass is 10.0. The van der Waals surface area contributed by atoms with Gasteiger partial charge >= 0.3 is 0 Å². The van der Waals surface area contributed by atoms with E-state index in [1.807, 2.05) is 41.7 Å². The number of fused-ring (bicyclic) bond motifs is 9. The molecule has 0 saturated carbocycles. The number of nitrogens with zero attached hydrogens (tertiary/aromatic N) is 2. The van der Waals surface area contributed by atoms with Gasteiger partial charge in [0.1, 0.15) is 5.69 Å². The van der Waals surface area contributed by atoms with Gasteiger partial charge in [-0.2, -0.15) is 0 Å². The molecule has 0 atom stereocenters. The third-order valence-corrected chi connectivity index (χ3v) is 9.71. The van der Waals surface area contributed by atoms with E-state index in [1.54, 1.807) is 0 Å². The maximum Gasteiger partial charge on any atom is 0.227 e. The van der Waals surface area contributed by atoms with Crippen molar-refractivity contribution in [2.45, 2.75) is 0 Å². The minimum absolute atomic E-state index is 0.664. The smallest absolute Gasteiger partial charge is 0.227 e. The molecule has 0 amide bonds. The zero-order valence-corrected chi connectivity index (χ0v) is 22.6. The summed E-state index contributed by atoms with van der Waals surface area (Å²) in [5.41, 5.74) is 7.77. The van der Waals surface area contributed by atoms with Gasteiger partial charge in [-0.1, -0.05) is 72.8 Å². The quantitative estimate of drug-likeness (QED) is 0.218. The monoisotopic (exact) mass is 540 g/mol. The van der Waals surface area contributed by atoms with Crippen molar-refractivity contribution in [3.05, 3.63) is 121 Å². The number of benzene rings is 6. The molecule has 0 bridgehead atoms. The van der Waals surface area contributed by atoms with E-state index in [1.165, 1.54) is 58.4 Å². The Morgan fingerprint density at radius 2 is 1.37 bits per heavy atom. The summed E-state index contributed by atoms with van der Waals surface area (Å²) in [6, 6.07) is 43.4. The van der Waals surface area contributed by atoms with Crippen LogP contribution in [0.1, 0.15) is 0 Å². The van der Waals surface area contributed by atoms with Gasteiger partial charge in [0.15, 0.2) is 5.76 Å². The normalized spacial score (nSPS) is 12.4. The molecule has 0 N–H and O–H groups in total. The zero-order valence-electron chi connectivity index (χ0n) is 21.8. The van der Waals surface area contributed by atoms with Gasteiger partial charge in [0, 0.05) is 58.4 Å². The summed E-state index contributed by atoms with van der Waals surface area (Å²) in [5, 5.41) is 7.61. The minimum Gasteiger partial charge on any atom is -0.435 e. The van der Waals surface area contributed by atoms with Gasteiger partial charge < -0.3 is 8.98 Å². The number of aromatic nitrogens is 2. The Morgan fingerprint density at radius 3 is 2.29 bits per heavy atom. The SMILES string of the molecule is c1ccc(-c2nc3c(o2)-c2cccc4c(-n5c6ccccc6c6cc7c(cc65)sc5ccccc57)ccc-3c24)cc1. The van der Waals surface area contributed by atoms with E-state index in [4.69, 9.17) is 9.40 Å². The highest BCUT2D eigenvalue weighted by molar-refractivity contribution is 7.25. The van der Waals surface area contributed by atoms with E-state index < -0.39 is 0 Å². The highest BCUT2D eigenvalue weighted by Gasteiger charge is 2.29. The molecule has 1 aliphatic carbocycles. The third kappa shape index (κ3) is 2.79. The van der Waals surface area contributed by atoms with Gasteiger partial charge in [-0.05, 0) is 48.5 Å². The van der Waals surface area contributed by atoms with Crippen molar-refractivity contribution in [3.8, 4) is 39.7 Å². The lowest BCUT2D eigenvalue weighted by Crippen LogP contribution is -1.96. The number of para-hydroxylation sites is 1. The van der Waals surface area contributed by atoms with E-state index in [9.17, 15) is 0 Å². The molecule has 0 unspecified atom stereocenters. The predicted molar refractivity (Wildman–Crippen MR) is 171 cm³/mol. The summed E-state index contributed by atoms with van der Waals surface area (Å²) in [7, 11) is 0. The average molecular weight is 541 g/mol. The van der Waals surface area contributed by atoms with Crippen LogP contribution in [0, 0.1) is 0 Å². The lowest BCUT2D eigenvalue weighted by molar-refractivity contribution is 0.590. The van der Waals surface area contributed by atoms with Crippen LogP contribution in [0.5, 0.6) is 0 Å². The Balaban J connectivity index is 1.27. The molecular weight excluding hydrogens is 520 g/mol. The number of oxazole rings is 1. The minimum atomic E-state index is 0.664. The molecule has 4 heteroatoms. The molecule has 9 aromatic rings. The fourth-order valence-electron chi connectivity index (χ4n) is 6.81. The Morgan fingerprint density at radius 1 is 0.561 bits per heavy atom. The van der Waals surface area contributed by atoms with E-state index in [2.05, 4.69) is 95.6 Å². The second kappa shape index (κ2) is 7.72. The fourth-order valence-corrected chi connectivity index (χ4v) is 7.93. The molecule has 0 fully saturated rings. The molecule has 0 aliphatic heterocycles. The number of thiophene rings is 1. The van der Waals surface area contributed by atoms with Crippen LogP contribution in [-0.4, -0.2) is 9.55 Å². The van der Waals surface area contributed by atoms with Crippen LogP contribution in [0.4, 0.5) is 0 Å². The van der Waals surface area contributed by atoms with Gasteiger partial charge in [0.2, 0.25) is 5.89 Å². The molecule has 0 spiro atoms. The maximum atomic E-state index is 6.42. The van der Waals surface area contributed by atoms with Crippen LogP contribution in [0.2, 0.25) is 0 Å². The summed E-state index contributed by atoms with van der Waals surface area (Å²) in [6.07, 6.45) is 0. The van der Waals surface area contributed by atoms with Gasteiger partial charge in [-0.3, -0.25) is 0 Å². The van der Waals surface area contributed by atoms with Crippen LogP contribution in [0.3, 0.4) is 0 Å². The molecule has 0 radical (unpaired) electrons. The second-order valence-electron chi connectivity index (χ2n) is 10.7. The van der Waals surface area contributed by atoms with E-state index >= 15 is 0 Å². The summed E-state index contributed by atoms with van der Waals surface area (Å²) in [4.78, 5) is 4.98. The van der Waals surface area contributed by atoms with Crippen molar-refractivity contribution >= 4 is 64.1 Å². The summed E-state index contributed by atoms with van der Waals surface area (Å²) in [5.74, 6) is 1.52. The highest BCUT2D eigenvalue weighted by Crippen LogP contribution is 2.50. The topological polar surface area (TPSA) is 31.0 Å². The summed E-state index contributed by atoms with van der Waals surface area (Å²) in [6.45, 7) is 0. The van der Waals surface area contributed by atoms with Gasteiger partial charge in [0.25, 0.3) is 0 Å². The van der Waals surface area contributed by atoms with Crippen LogP contribution < -0.4 is 0 Å². The molecule has 3 aromatic heterocycles. The molecule has 6 aromatic carbocycles. The molecule has 190 valence electrons. The molecular formula is C37H20N2OS. The van der Waals surface area contributed by atoms with Crippen molar-refractivity contribution < 1.29 is 4.42 Å². The first-order valence-corrected chi connectivity index (χ1v) is 14.6. The average Bonchev–Trinajstić information content (AvgIpc) is 3.77. The third-order valence-electron chi connectivity index (χ3n) is 8.58. The molecule has 1 aliphatic rings. The number of hydrogen-bond acceptors (Lipinski definition) is 3. The molecule has 10 rings (SSSR count). The zero-order chi connectivity index (χ0) is 26.7. The fraction of sp³-hybridized carbons (Fsp3) is 0. The standard InChI is InChI=1S/C37H20N2OS/c1-2-9-21(10-3-1)37-38-35-25-17-18-30(24-13-8-14-26(34(24)25)36(35)40-37)39-29-15-6-4-11-22(29)27-19-28-23-12-5-7-16-32(23)41-33(28)20-31(27)39/h1-20H. The number of rotatable bonds is 2.